The summed E-state index contributed by atoms with van der Waals surface area (Å²) in [5.41, 5.74) is 5.34. The number of nitrogens with zero attached hydrogens (tertiary/aromatic N) is 2. The van der Waals surface area contributed by atoms with E-state index >= 15 is 0 Å². The molecule has 2 atom stereocenters. The molecule has 6 aromatic carbocycles. The first-order valence-corrected chi connectivity index (χ1v) is 24.0. The molecule has 2 N–H and O–H groups in total. The molecule has 0 amide bonds. The molecular weight excluding hydrogens is 893 g/mol. The molecule has 0 saturated heterocycles. The van der Waals surface area contributed by atoms with E-state index in [0.29, 0.717) is 46.5 Å². The van der Waals surface area contributed by atoms with Crippen LogP contribution in [0.5, 0.6) is 11.5 Å². The zero-order chi connectivity index (χ0) is 46.8. The normalized spacial score (nSPS) is 12.6. The van der Waals surface area contributed by atoms with E-state index < -0.39 is 63.3 Å². The van der Waals surface area contributed by atoms with Gasteiger partial charge in [-0.15, -0.1) is 0 Å². The van der Waals surface area contributed by atoms with Crippen LogP contribution in [0.2, 0.25) is 0 Å². The average Bonchev–Trinajstić information content (AvgIpc) is 3.20. The Kier molecular flexibility index (Phi) is 17.9. The molecule has 6 rings (SSSR count). The van der Waals surface area contributed by atoms with E-state index in [2.05, 4.69) is 75.8 Å². The van der Waals surface area contributed by atoms with Crippen LogP contribution in [0.25, 0.3) is 0 Å². The van der Waals surface area contributed by atoms with Crippen molar-refractivity contribution in [1.82, 2.24) is 0 Å². The number of benzene rings is 6. The van der Waals surface area contributed by atoms with Crippen LogP contribution in [0.15, 0.2) is 119 Å². The quantitative estimate of drug-likeness (QED) is 0.0907. The van der Waals surface area contributed by atoms with Gasteiger partial charge in [-0.1, -0.05) is 128 Å². The molecule has 0 heterocycles. The summed E-state index contributed by atoms with van der Waals surface area (Å²) < 4.78 is 81.3. The first-order valence-electron chi connectivity index (χ1n) is 19.7. The van der Waals surface area contributed by atoms with Crippen LogP contribution in [0.3, 0.4) is 0 Å². The van der Waals surface area contributed by atoms with Gasteiger partial charge in [0.1, 0.15) is 34.5 Å². The van der Waals surface area contributed by atoms with Crippen molar-refractivity contribution in [3.05, 3.63) is 189 Å². The molecule has 0 aliphatic rings. The molecule has 0 aromatic heterocycles. The fourth-order valence-corrected chi connectivity index (χ4v) is 6.55. The van der Waals surface area contributed by atoms with Crippen molar-refractivity contribution in [3.8, 4) is 11.5 Å². The molecule has 0 spiro atoms. The average molecular weight is 942 g/mol. The van der Waals surface area contributed by atoms with Gasteiger partial charge in [0.05, 0.1) is 0 Å². The molecule has 63 heavy (non-hydrogen) atoms. The summed E-state index contributed by atoms with van der Waals surface area (Å²) >= 11 is -0.556. The minimum absolute atomic E-state index is 0.0171. The van der Waals surface area contributed by atoms with Crippen LogP contribution in [0, 0.1) is 34.9 Å². The first-order chi connectivity index (χ1) is 29.6. The number of para-hydroxylation sites is 2. The third-order valence-corrected chi connectivity index (χ3v) is 10.3. The predicted octanol–water partition coefficient (Wildman–Crippen LogP) is 15.4. The molecule has 13 heteroatoms. The zero-order valence-electron chi connectivity index (χ0n) is 36.0. The maximum atomic E-state index is 13.8. The van der Waals surface area contributed by atoms with Gasteiger partial charge in [-0.3, -0.25) is 0 Å². The van der Waals surface area contributed by atoms with Crippen LogP contribution < -0.4 is 0 Å². The second-order valence-corrected chi connectivity index (χ2v) is 19.4. The summed E-state index contributed by atoms with van der Waals surface area (Å²) in [4.78, 5) is 7.58. The summed E-state index contributed by atoms with van der Waals surface area (Å²) in [5.74, 6) is -6.69. The Morgan fingerprint density at radius 2 is 0.794 bits per heavy atom. The Hall–Kier alpha value is -4.87. The topological polar surface area (TPSA) is 65.2 Å². The third kappa shape index (κ3) is 13.6. The van der Waals surface area contributed by atoms with Crippen molar-refractivity contribution < 1.29 is 53.6 Å². The summed E-state index contributed by atoms with van der Waals surface area (Å²) in [6.07, 6.45) is 2.35. The number of hydrogen-bond acceptors (Lipinski definition) is 4. The van der Waals surface area contributed by atoms with Gasteiger partial charge in [0, 0.05) is 70.8 Å². The standard InChI is InChI=1S/2C25H24F3NO.2ClH.Ti/c2*1-15(16-8-10-18(11-9-16)25(2,3)4)20-7-5-6-17(24(20)30)14-29-23-21(27)12-19(26)13-22(23)28;;;/h2*5-15,30H,1-4H3;2*1H;/q;;;;+2/p-2. The molecule has 0 aliphatic heterocycles. The van der Waals surface area contributed by atoms with Gasteiger partial charge in [0.2, 0.25) is 0 Å². The summed E-state index contributed by atoms with van der Waals surface area (Å²) in [5, 5.41) is 21.5. The van der Waals surface area contributed by atoms with Crippen molar-refractivity contribution in [1.29, 1.82) is 0 Å². The predicted molar refractivity (Wildman–Crippen MR) is 240 cm³/mol. The molecule has 6 aromatic rings. The number of rotatable bonds is 8. The molecule has 0 fully saturated rings. The minimum atomic E-state index is -1.10. The fraction of sp³-hybridized carbons (Fsp3) is 0.240. The van der Waals surface area contributed by atoms with E-state index in [-0.39, 0.29) is 34.2 Å². The Labute approximate surface area is 382 Å². The molecule has 0 saturated carbocycles. The van der Waals surface area contributed by atoms with E-state index in [0.717, 1.165) is 11.1 Å². The van der Waals surface area contributed by atoms with E-state index in [4.69, 9.17) is 18.6 Å². The van der Waals surface area contributed by atoms with Crippen molar-refractivity contribution >= 4 is 42.4 Å². The van der Waals surface area contributed by atoms with Gasteiger partial charge >= 0.3 is 35.6 Å². The molecular formula is C50H48Cl2F6N2O2Ti. The van der Waals surface area contributed by atoms with E-state index in [1.165, 1.54) is 23.6 Å². The van der Waals surface area contributed by atoms with Gasteiger partial charge in [0.15, 0.2) is 23.3 Å². The van der Waals surface area contributed by atoms with Crippen LogP contribution in [-0.4, -0.2) is 22.6 Å². The fourth-order valence-electron chi connectivity index (χ4n) is 6.55. The number of halogens is 8. The van der Waals surface area contributed by atoms with Crippen molar-refractivity contribution in [3.63, 3.8) is 0 Å². The number of phenolic OH excluding ortho intramolecular Hbond substituents is 2. The van der Waals surface area contributed by atoms with E-state index in [9.17, 15) is 36.6 Å². The number of hydrogen-bond donors (Lipinski definition) is 2. The van der Waals surface area contributed by atoms with Gasteiger partial charge in [-0.2, -0.15) is 0 Å². The summed E-state index contributed by atoms with van der Waals surface area (Å²) in [6.45, 7) is 16.8. The van der Waals surface area contributed by atoms with Gasteiger partial charge in [0.25, 0.3) is 0 Å². The molecule has 2 unspecified atom stereocenters. The number of aromatic hydroxyl groups is 2. The van der Waals surface area contributed by atoms with Crippen molar-refractivity contribution in [2.24, 2.45) is 9.98 Å². The summed E-state index contributed by atoms with van der Waals surface area (Å²) in [6, 6.07) is 29.0. The molecule has 330 valence electrons. The van der Waals surface area contributed by atoms with Crippen LogP contribution in [-0.2, 0) is 27.9 Å². The van der Waals surface area contributed by atoms with Crippen molar-refractivity contribution in [2.75, 3.05) is 0 Å². The second kappa shape index (κ2) is 22.2. The molecule has 0 bridgehead atoms. The Balaban J connectivity index is 0.000000260. The van der Waals surface area contributed by atoms with E-state index in [1.807, 2.05) is 38.1 Å². The van der Waals surface area contributed by atoms with Crippen LogP contribution in [0.1, 0.15) is 112 Å². The monoisotopic (exact) mass is 940 g/mol. The van der Waals surface area contributed by atoms with Crippen LogP contribution in [0.4, 0.5) is 37.7 Å². The first kappa shape index (κ1) is 50.8. The Bertz CT molecular complexity index is 2330. The SMILES string of the molecule is CC(c1ccc(C(C)(C)C)cc1)c1cccc(C=Nc2c(F)cc(F)cc2F)c1O.CC(c1ccc(C(C)(C)C)cc1)c1cccc(C=Nc2c(F)cc(F)cc2F)c1O.[Cl][Ti][Cl]. The Morgan fingerprint density at radius 3 is 1.06 bits per heavy atom. The van der Waals surface area contributed by atoms with Gasteiger partial charge < -0.3 is 10.2 Å². The molecule has 4 nitrogen and oxygen atoms in total. The van der Waals surface area contributed by atoms with Gasteiger partial charge in [-0.25, -0.2) is 36.3 Å². The second-order valence-electron chi connectivity index (χ2n) is 16.8. The summed E-state index contributed by atoms with van der Waals surface area (Å²) in [7, 11) is 9.78. The molecule has 0 radical (unpaired) electrons. The van der Waals surface area contributed by atoms with Gasteiger partial charge in [-0.05, 0) is 45.2 Å². The third-order valence-electron chi connectivity index (χ3n) is 10.3. The zero-order valence-corrected chi connectivity index (χ0v) is 39.1. The number of aliphatic imine (C=N–C) groups is 2. The van der Waals surface area contributed by atoms with E-state index in [1.54, 1.807) is 36.4 Å². The van der Waals surface area contributed by atoms with Crippen molar-refractivity contribution in [2.45, 2.75) is 78.1 Å². The Morgan fingerprint density at radius 1 is 0.508 bits per heavy atom. The maximum absolute atomic E-state index is 13.8. The molecule has 0 aliphatic carbocycles. The van der Waals surface area contributed by atoms with Crippen LogP contribution >= 0.6 is 18.6 Å². The number of phenols is 2.